The Kier molecular flexibility index (Phi) is 3.88. The van der Waals surface area contributed by atoms with Crippen LogP contribution in [-0.2, 0) is 0 Å². The zero-order chi connectivity index (χ0) is 13.3. The van der Waals surface area contributed by atoms with Crippen LogP contribution in [0.5, 0.6) is 0 Å². The van der Waals surface area contributed by atoms with Crippen molar-refractivity contribution in [2.24, 2.45) is 22.6 Å². The van der Waals surface area contributed by atoms with Crippen LogP contribution in [0.1, 0.15) is 59.8 Å². The molecule has 1 aliphatic heterocycles. The molecule has 0 radical (unpaired) electrons. The second kappa shape index (κ2) is 5.10. The van der Waals surface area contributed by atoms with E-state index in [0.29, 0.717) is 6.04 Å². The van der Waals surface area contributed by atoms with Crippen molar-refractivity contribution in [2.75, 3.05) is 6.54 Å². The van der Waals surface area contributed by atoms with Gasteiger partial charge in [-0.1, -0.05) is 20.8 Å². The van der Waals surface area contributed by atoms with Gasteiger partial charge < -0.3 is 10.6 Å². The Hall–Kier alpha value is -0.730. The molecule has 1 atom stereocenters. The normalized spacial score (nSPS) is 34.2. The van der Waals surface area contributed by atoms with Gasteiger partial charge in [-0.15, -0.1) is 0 Å². The fraction of sp³-hybridized carbons (Fsp3) is 0.933. The molecule has 18 heavy (non-hydrogen) atoms. The lowest BCUT2D eigenvalue weighted by Crippen LogP contribution is -2.57. The largest absolute Gasteiger partial charge is 0.370 e. The SMILES string of the molecule is CCC(C)N1C(N)=NCC12CCC(C(C)C)CC2. The van der Waals surface area contributed by atoms with Gasteiger partial charge in [-0.2, -0.15) is 0 Å². The van der Waals surface area contributed by atoms with E-state index in [9.17, 15) is 0 Å². The monoisotopic (exact) mass is 251 g/mol. The third-order valence-corrected chi connectivity index (χ3v) is 5.23. The molecular formula is C15H29N3. The minimum absolute atomic E-state index is 0.255. The molecule has 1 spiro atoms. The number of nitrogens with zero attached hydrogens (tertiary/aromatic N) is 2. The number of hydrogen-bond acceptors (Lipinski definition) is 3. The van der Waals surface area contributed by atoms with E-state index in [4.69, 9.17) is 5.73 Å². The number of aliphatic imine (C=N–C) groups is 1. The Morgan fingerprint density at radius 2 is 1.94 bits per heavy atom. The molecule has 1 fully saturated rings. The first-order valence-corrected chi connectivity index (χ1v) is 7.59. The lowest BCUT2D eigenvalue weighted by molar-refractivity contribution is 0.0766. The van der Waals surface area contributed by atoms with E-state index in [2.05, 4.69) is 37.6 Å². The first-order chi connectivity index (χ1) is 8.50. The van der Waals surface area contributed by atoms with Crippen LogP contribution in [-0.4, -0.2) is 29.0 Å². The van der Waals surface area contributed by atoms with Crippen LogP contribution in [0.15, 0.2) is 4.99 Å². The van der Waals surface area contributed by atoms with Crippen molar-refractivity contribution in [1.82, 2.24) is 4.90 Å². The first-order valence-electron chi connectivity index (χ1n) is 7.59. The summed E-state index contributed by atoms with van der Waals surface area (Å²) in [7, 11) is 0. The van der Waals surface area contributed by atoms with Crippen LogP contribution in [0.3, 0.4) is 0 Å². The fourth-order valence-corrected chi connectivity index (χ4v) is 3.74. The standard InChI is InChI=1S/C15H29N3/c1-5-12(4)18-14(16)17-10-15(18)8-6-13(7-9-15)11(2)3/h11-13H,5-10H2,1-4H3,(H2,16,17). The molecule has 0 amide bonds. The van der Waals surface area contributed by atoms with Gasteiger partial charge in [0.15, 0.2) is 5.96 Å². The molecule has 1 aliphatic carbocycles. The van der Waals surface area contributed by atoms with Gasteiger partial charge in [-0.05, 0) is 50.9 Å². The van der Waals surface area contributed by atoms with Crippen LogP contribution in [0.2, 0.25) is 0 Å². The summed E-state index contributed by atoms with van der Waals surface area (Å²) in [5, 5.41) is 0. The van der Waals surface area contributed by atoms with Crippen LogP contribution in [0.25, 0.3) is 0 Å². The molecule has 2 rings (SSSR count). The molecule has 2 N–H and O–H groups in total. The van der Waals surface area contributed by atoms with Gasteiger partial charge in [0.2, 0.25) is 0 Å². The lowest BCUT2D eigenvalue weighted by atomic mass is 9.72. The molecule has 0 aromatic heterocycles. The second-order valence-electron chi connectivity index (χ2n) is 6.61. The van der Waals surface area contributed by atoms with Gasteiger partial charge in [0.25, 0.3) is 0 Å². The van der Waals surface area contributed by atoms with E-state index in [0.717, 1.165) is 30.8 Å². The summed E-state index contributed by atoms with van der Waals surface area (Å²) in [4.78, 5) is 6.99. The minimum atomic E-state index is 0.255. The van der Waals surface area contributed by atoms with Crippen molar-refractivity contribution < 1.29 is 0 Å². The van der Waals surface area contributed by atoms with Crippen molar-refractivity contribution in [3.8, 4) is 0 Å². The Labute approximate surface area is 112 Å². The highest BCUT2D eigenvalue weighted by Crippen LogP contribution is 2.42. The summed E-state index contributed by atoms with van der Waals surface area (Å²) >= 11 is 0. The van der Waals surface area contributed by atoms with E-state index in [1.54, 1.807) is 0 Å². The average molecular weight is 251 g/mol. The predicted octanol–water partition coefficient (Wildman–Crippen LogP) is 3.00. The van der Waals surface area contributed by atoms with Gasteiger partial charge in [-0.3, -0.25) is 4.99 Å². The van der Waals surface area contributed by atoms with Crippen molar-refractivity contribution >= 4 is 5.96 Å². The summed E-state index contributed by atoms with van der Waals surface area (Å²) in [6, 6.07) is 0.520. The van der Waals surface area contributed by atoms with E-state index in [1.807, 2.05) is 0 Å². The molecule has 1 saturated carbocycles. The van der Waals surface area contributed by atoms with Crippen LogP contribution < -0.4 is 5.73 Å². The van der Waals surface area contributed by atoms with E-state index in [-0.39, 0.29) is 5.54 Å². The average Bonchev–Trinajstić information content (AvgIpc) is 2.66. The molecule has 3 heteroatoms. The van der Waals surface area contributed by atoms with Crippen molar-refractivity contribution in [3.63, 3.8) is 0 Å². The molecule has 2 aliphatic rings. The Morgan fingerprint density at radius 1 is 1.33 bits per heavy atom. The number of guanidine groups is 1. The Balaban J connectivity index is 2.09. The Morgan fingerprint density at radius 3 is 2.44 bits per heavy atom. The number of rotatable bonds is 3. The maximum Gasteiger partial charge on any atom is 0.192 e. The quantitative estimate of drug-likeness (QED) is 0.838. The van der Waals surface area contributed by atoms with Gasteiger partial charge >= 0.3 is 0 Å². The zero-order valence-corrected chi connectivity index (χ0v) is 12.4. The van der Waals surface area contributed by atoms with Crippen molar-refractivity contribution in [1.29, 1.82) is 0 Å². The molecule has 3 nitrogen and oxygen atoms in total. The fourth-order valence-electron chi connectivity index (χ4n) is 3.74. The molecule has 1 heterocycles. The highest BCUT2D eigenvalue weighted by Gasteiger charge is 2.46. The van der Waals surface area contributed by atoms with Gasteiger partial charge in [0, 0.05) is 6.04 Å². The summed E-state index contributed by atoms with van der Waals surface area (Å²) in [6.07, 6.45) is 6.36. The molecule has 0 bridgehead atoms. The smallest absolute Gasteiger partial charge is 0.192 e. The molecule has 0 saturated heterocycles. The molecule has 104 valence electrons. The third kappa shape index (κ3) is 2.24. The predicted molar refractivity (Wildman–Crippen MR) is 77.6 cm³/mol. The highest BCUT2D eigenvalue weighted by molar-refractivity contribution is 5.81. The maximum absolute atomic E-state index is 6.13. The van der Waals surface area contributed by atoms with Gasteiger partial charge in [0.1, 0.15) is 0 Å². The zero-order valence-electron chi connectivity index (χ0n) is 12.4. The highest BCUT2D eigenvalue weighted by atomic mass is 15.4. The van der Waals surface area contributed by atoms with Crippen LogP contribution in [0.4, 0.5) is 0 Å². The van der Waals surface area contributed by atoms with Crippen molar-refractivity contribution in [2.45, 2.75) is 71.4 Å². The van der Waals surface area contributed by atoms with Gasteiger partial charge in [0.05, 0.1) is 12.1 Å². The number of hydrogen-bond donors (Lipinski definition) is 1. The number of nitrogens with two attached hydrogens (primary N) is 1. The molecule has 0 aromatic rings. The van der Waals surface area contributed by atoms with Crippen LogP contribution in [0, 0.1) is 11.8 Å². The third-order valence-electron chi connectivity index (χ3n) is 5.23. The maximum atomic E-state index is 6.13. The molecule has 1 unspecified atom stereocenters. The summed E-state index contributed by atoms with van der Waals surface area (Å²) < 4.78 is 0. The summed E-state index contributed by atoms with van der Waals surface area (Å²) in [6.45, 7) is 10.2. The minimum Gasteiger partial charge on any atom is -0.370 e. The van der Waals surface area contributed by atoms with Crippen molar-refractivity contribution in [3.05, 3.63) is 0 Å². The van der Waals surface area contributed by atoms with E-state index in [1.165, 1.54) is 25.7 Å². The Bertz CT molecular complexity index is 314. The lowest BCUT2D eigenvalue weighted by Gasteiger charge is -2.47. The van der Waals surface area contributed by atoms with E-state index >= 15 is 0 Å². The topological polar surface area (TPSA) is 41.6 Å². The first kappa shape index (κ1) is 13.7. The molecule has 0 aromatic carbocycles. The molecular weight excluding hydrogens is 222 g/mol. The summed E-state index contributed by atoms with van der Waals surface area (Å²) in [5.74, 6) is 2.50. The van der Waals surface area contributed by atoms with E-state index < -0.39 is 0 Å². The van der Waals surface area contributed by atoms with Crippen LogP contribution >= 0.6 is 0 Å². The second-order valence-corrected chi connectivity index (χ2v) is 6.61. The van der Waals surface area contributed by atoms with Gasteiger partial charge in [-0.25, -0.2) is 0 Å². The summed E-state index contributed by atoms with van der Waals surface area (Å²) in [5.41, 5.74) is 6.39.